The molecule has 4 rings (SSSR count). The van der Waals surface area contributed by atoms with Crippen molar-refractivity contribution in [3.05, 3.63) is 66.0 Å². The van der Waals surface area contributed by atoms with Crippen LogP contribution in [-0.2, 0) is 31.5 Å². The zero-order valence-corrected chi connectivity index (χ0v) is 30.0. The SMILES string of the molecule is C[C@@H]1C[C@H](C)C[C@H](C)[C@@H](O)CC(=O)O[C@H]([C@@H]2CCC[C@H]2C(=O)OCc2cn(CSc3ccccc3)nn2)C/C=C/C=C(/C#N)[C@H](O)[C@@H](C)C1. The Hall–Kier alpha value is -3.46. The summed E-state index contributed by atoms with van der Waals surface area (Å²) in [6.45, 7) is 8.21. The number of allylic oxidation sites excluding steroid dienone is 2. The normalized spacial score (nSPS) is 32.5. The quantitative estimate of drug-likeness (QED) is 0.239. The van der Waals surface area contributed by atoms with Crippen molar-refractivity contribution in [2.45, 2.75) is 115 Å². The first kappa shape index (κ1) is 38.3. The summed E-state index contributed by atoms with van der Waals surface area (Å²) in [7, 11) is 0. The van der Waals surface area contributed by atoms with Crippen molar-refractivity contribution in [2.75, 3.05) is 0 Å². The van der Waals surface area contributed by atoms with Gasteiger partial charge in [-0.2, -0.15) is 5.26 Å². The van der Waals surface area contributed by atoms with Crippen molar-refractivity contribution in [2.24, 2.45) is 35.5 Å². The van der Waals surface area contributed by atoms with Gasteiger partial charge < -0.3 is 19.7 Å². The first-order valence-corrected chi connectivity index (χ1v) is 18.6. The largest absolute Gasteiger partial charge is 0.462 e. The molecule has 0 radical (unpaired) electrons. The van der Waals surface area contributed by atoms with Crippen LogP contribution in [0.4, 0.5) is 0 Å². The Labute approximate surface area is 294 Å². The van der Waals surface area contributed by atoms with Gasteiger partial charge in [0.1, 0.15) is 18.4 Å². The van der Waals surface area contributed by atoms with E-state index in [9.17, 15) is 25.1 Å². The number of thioether (sulfide) groups is 1. The Kier molecular flexibility index (Phi) is 14.9. The van der Waals surface area contributed by atoms with Crippen molar-refractivity contribution >= 4 is 23.7 Å². The molecule has 1 aliphatic carbocycles. The van der Waals surface area contributed by atoms with Gasteiger partial charge in [-0.05, 0) is 74.0 Å². The van der Waals surface area contributed by atoms with Crippen LogP contribution in [0.2, 0.25) is 0 Å². The van der Waals surface area contributed by atoms with Gasteiger partial charge in [0.25, 0.3) is 0 Å². The second-order valence-electron chi connectivity index (χ2n) is 14.2. The number of rotatable bonds is 7. The fourth-order valence-electron chi connectivity index (χ4n) is 7.33. The van der Waals surface area contributed by atoms with Gasteiger partial charge in [0.05, 0.1) is 48.3 Å². The molecule has 0 unspecified atom stereocenters. The summed E-state index contributed by atoms with van der Waals surface area (Å²) in [5.74, 6) is -0.593. The smallest absolute Gasteiger partial charge is 0.309 e. The van der Waals surface area contributed by atoms with Crippen molar-refractivity contribution in [1.82, 2.24) is 15.0 Å². The van der Waals surface area contributed by atoms with E-state index in [4.69, 9.17) is 9.47 Å². The van der Waals surface area contributed by atoms with Gasteiger partial charge in [-0.3, -0.25) is 9.59 Å². The first-order chi connectivity index (χ1) is 23.5. The zero-order chi connectivity index (χ0) is 35.3. The molecule has 1 aliphatic heterocycles. The molecule has 0 saturated heterocycles. The standard InChI is InChI=1S/C38H52N4O6S/c1-25-17-26(2)19-28(4)37(45)29(21-39)11-8-9-16-35(48-36(44)20-34(43)27(3)18-25)32-14-10-15-33(32)38(46)47-23-30-22-42(41-40-30)24-49-31-12-6-5-7-13-31/h5-9,11-13,22,25-28,32-35,37,43,45H,10,14-20,23-24H2,1-4H3/b9-8+,29-11-/t25-,26+,27-,28-,32+,33+,34-,35-,37+/m0/s1. The Bertz CT molecular complexity index is 1460. The maximum atomic E-state index is 13.4. The number of ether oxygens (including phenoxy) is 2. The van der Waals surface area contributed by atoms with Crippen molar-refractivity contribution in [3.63, 3.8) is 0 Å². The summed E-state index contributed by atoms with van der Waals surface area (Å²) in [6, 6.07) is 12.1. The summed E-state index contributed by atoms with van der Waals surface area (Å²) < 4.78 is 13.4. The molecule has 49 heavy (non-hydrogen) atoms. The average molecular weight is 693 g/mol. The molecule has 0 spiro atoms. The van der Waals surface area contributed by atoms with E-state index in [1.54, 1.807) is 34.8 Å². The van der Waals surface area contributed by atoms with Crippen LogP contribution in [0.3, 0.4) is 0 Å². The predicted octanol–water partition coefficient (Wildman–Crippen LogP) is 6.64. The Morgan fingerprint density at radius 3 is 2.55 bits per heavy atom. The second kappa shape index (κ2) is 19.1. The summed E-state index contributed by atoms with van der Waals surface area (Å²) in [6.07, 6.45) is 9.26. The van der Waals surface area contributed by atoms with Crippen LogP contribution in [0.25, 0.3) is 0 Å². The summed E-state index contributed by atoms with van der Waals surface area (Å²) in [4.78, 5) is 27.7. The number of esters is 2. The highest BCUT2D eigenvalue weighted by molar-refractivity contribution is 7.98. The maximum Gasteiger partial charge on any atom is 0.309 e. The van der Waals surface area contributed by atoms with Crippen LogP contribution in [0.1, 0.15) is 84.8 Å². The van der Waals surface area contributed by atoms with Crippen LogP contribution in [0.5, 0.6) is 0 Å². The topological polar surface area (TPSA) is 148 Å². The molecule has 11 heteroatoms. The Morgan fingerprint density at radius 2 is 1.82 bits per heavy atom. The molecule has 1 fully saturated rings. The van der Waals surface area contributed by atoms with Gasteiger partial charge in [0.15, 0.2) is 0 Å². The van der Waals surface area contributed by atoms with Crippen molar-refractivity contribution in [1.29, 1.82) is 5.26 Å². The molecule has 0 bridgehead atoms. The number of carbonyl (C=O) groups is 2. The van der Waals surface area contributed by atoms with Crippen LogP contribution in [-0.4, -0.2) is 55.5 Å². The molecule has 2 aromatic rings. The molecular weight excluding hydrogens is 641 g/mol. The lowest BCUT2D eigenvalue weighted by Crippen LogP contribution is -2.34. The number of aromatic nitrogens is 3. The third-order valence-corrected chi connectivity index (χ3v) is 10.8. The lowest BCUT2D eigenvalue weighted by molar-refractivity contribution is -0.161. The molecular formula is C38H52N4O6S. The molecule has 2 N–H and O–H groups in total. The van der Waals surface area contributed by atoms with Crippen LogP contribution >= 0.6 is 11.8 Å². The van der Waals surface area contributed by atoms with E-state index < -0.39 is 30.2 Å². The van der Waals surface area contributed by atoms with Crippen molar-refractivity contribution < 1.29 is 29.3 Å². The third-order valence-electron chi connectivity index (χ3n) is 9.84. The van der Waals surface area contributed by atoms with Gasteiger partial charge in [0, 0.05) is 17.2 Å². The molecule has 1 aromatic carbocycles. The minimum atomic E-state index is -0.890. The van der Waals surface area contributed by atoms with Gasteiger partial charge in [-0.25, -0.2) is 4.68 Å². The predicted molar refractivity (Wildman–Crippen MR) is 187 cm³/mol. The lowest BCUT2D eigenvalue weighted by atomic mass is 9.82. The molecule has 0 amide bonds. The highest BCUT2D eigenvalue weighted by atomic mass is 32.2. The summed E-state index contributed by atoms with van der Waals surface area (Å²) in [5.41, 5.74) is 0.832. The average Bonchev–Trinajstić information content (AvgIpc) is 3.75. The molecule has 10 nitrogen and oxygen atoms in total. The van der Waals surface area contributed by atoms with E-state index in [1.165, 1.54) is 0 Å². The van der Waals surface area contributed by atoms with E-state index in [1.807, 2.05) is 50.3 Å². The van der Waals surface area contributed by atoms with Crippen LogP contribution < -0.4 is 0 Å². The number of benzene rings is 1. The van der Waals surface area contributed by atoms with Gasteiger partial charge in [-0.15, -0.1) is 16.9 Å². The van der Waals surface area contributed by atoms with E-state index in [0.29, 0.717) is 42.7 Å². The number of carbonyl (C=O) groups excluding carboxylic acids is 2. The monoisotopic (exact) mass is 692 g/mol. The molecule has 9 atom stereocenters. The Balaban J connectivity index is 1.44. The summed E-state index contributed by atoms with van der Waals surface area (Å²) >= 11 is 1.62. The third kappa shape index (κ3) is 11.8. The number of aliphatic hydroxyl groups is 2. The first-order valence-electron chi connectivity index (χ1n) is 17.6. The lowest BCUT2D eigenvalue weighted by Gasteiger charge is -2.29. The fourth-order valence-corrected chi connectivity index (χ4v) is 8.09. The molecule has 2 heterocycles. The molecule has 1 aromatic heterocycles. The minimum Gasteiger partial charge on any atom is -0.462 e. The van der Waals surface area contributed by atoms with Crippen LogP contribution in [0.15, 0.2) is 65.2 Å². The minimum absolute atomic E-state index is 0.00776. The number of cyclic esters (lactones) is 1. The summed E-state index contributed by atoms with van der Waals surface area (Å²) in [5, 5.41) is 40.0. The Morgan fingerprint density at radius 1 is 1.08 bits per heavy atom. The highest BCUT2D eigenvalue weighted by Crippen LogP contribution is 2.38. The second-order valence-corrected chi connectivity index (χ2v) is 15.2. The van der Waals surface area contributed by atoms with E-state index in [2.05, 4.69) is 30.2 Å². The fraction of sp³-hybridized carbons (Fsp3) is 0.605. The number of nitrogens with zero attached hydrogens (tertiary/aromatic N) is 4. The number of nitriles is 1. The number of aliphatic hydroxyl groups excluding tert-OH is 2. The zero-order valence-electron chi connectivity index (χ0n) is 29.2. The van der Waals surface area contributed by atoms with E-state index in [0.717, 1.165) is 30.6 Å². The van der Waals surface area contributed by atoms with Gasteiger partial charge in [-0.1, -0.05) is 69.7 Å². The van der Waals surface area contributed by atoms with Gasteiger partial charge >= 0.3 is 11.9 Å². The highest BCUT2D eigenvalue weighted by Gasteiger charge is 2.41. The maximum absolute atomic E-state index is 13.4. The van der Waals surface area contributed by atoms with Crippen LogP contribution in [0, 0.1) is 46.8 Å². The molecule has 266 valence electrons. The number of hydrogen-bond donors (Lipinski definition) is 2. The van der Waals surface area contributed by atoms with Crippen molar-refractivity contribution in [3.8, 4) is 6.07 Å². The molecule has 1 saturated carbocycles. The van der Waals surface area contributed by atoms with E-state index in [-0.39, 0.29) is 42.3 Å². The molecule has 2 aliphatic rings. The number of hydrogen-bond acceptors (Lipinski definition) is 10. The van der Waals surface area contributed by atoms with E-state index >= 15 is 0 Å². The van der Waals surface area contributed by atoms with Gasteiger partial charge in [0.2, 0.25) is 0 Å².